The zero-order valence-corrected chi connectivity index (χ0v) is 13.1. The van der Waals surface area contributed by atoms with E-state index in [0.717, 1.165) is 11.3 Å². The number of benzene rings is 2. The summed E-state index contributed by atoms with van der Waals surface area (Å²) in [6.45, 7) is 4.39. The lowest BCUT2D eigenvalue weighted by Gasteiger charge is -2.30. The molecule has 0 atom stereocenters. The molecular weight excluding hydrogens is 292 g/mol. The molecular formula is C18H18N2O3. The van der Waals surface area contributed by atoms with Gasteiger partial charge in [0, 0.05) is 18.2 Å². The van der Waals surface area contributed by atoms with Crippen LogP contribution in [0.4, 0.5) is 11.4 Å². The number of carbonyl (C=O) groups is 2. The molecule has 1 heterocycles. The highest BCUT2D eigenvalue weighted by molar-refractivity contribution is 6.08. The van der Waals surface area contributed by atoms with Gasteiger partial charge in [0.2, 0.25) is 5.91 Å². The zero-order chi connectivity index (χ0) is 16.4. The molecule has 0 bridgehead atoms. The van der Waals surface area contributed by atoms with E-state index in [9.17, 15) is 9.59 Å². The number of nitrogens with one attached hydrogen (secondary N) is 1. The molecule has 2 aromatic carbocycles. The van der Waals surface area contributed by atoms with E-state index in [1.807, 2.05) is 25.1 Å². The van der Waals surface area contributed by atoms with Crippen LogP contribution in [0, 0.1) is 6.92 Å². The molecule has 0 aliphatic carbocycles. The molecule has 3 rings (SSSR count). The summed E-state index contributed by atoms with van der Waals surface area (Å²) in [6.07, 6.45) is 0. The van der Waals surface area contributed by atoms with Crippen LogP contribution in [0.5, 0.6) is 5.75 Å². The van der Waals surface area contributed by atoms with Gasteiger partial charge in [0.05, 0.1) is 12.2 Å². The minimum atomic E-state index is -0.165. The summed E-state index contributed by atoms with van der Waals surface area (Å²) in [7, 11) is 0. The third-order valence-corrected chi connectivity index (χ3v) is 3.65. The number of aryl methyl sites for hydroxylation is 1. The summed E-state index contributed by atoms with van der Waals surface area (Å²) in [6, 6.07) is 12.8. The maximum absolute atomic E-state index is 12.9. The maximum Gasteiger partial charge on any atom is 0.258 e. The molecule has 1 N–H and O–H groups in total. The minimum Gasteiger partial charge on any atom is -0.490 e. The quantitative estimate of drug-likeness (QED) is 0.927. The number of nitrogens with zero attached hydrogens (tertiary/aromatic N) is 1. The average molecular weight is 310 g/mol. The molecule has 2 aromatic rings. The molecule has 1 aliphatic heterocycles. The van der Waals surface area contributed by atoms with Crippen molar-refractivity contribution in [2.45, 2.75) is 13.8 Å². The van der Waals surface area contributed by atoms with E-state index in [4.69, 9.17) is 4.74 Å². The first kappa shape index (κ1) is 15.1. The molecule has 0 fully saturated rings. The average Bonchev–Trinajstić information content (AvgIpc) is 2.53. The van der Waals surface area contributed by atoms with Crippen LogP contribution in [0.2, 0.25) is 0 Å². The number of fused-ring (bicyclic) bond motifs is 1. The Morgan fingerprint density at radius 3 is 2.78 bits per heavy atom. The van der Waals surface area contributed by atoms with Crippen LogP contribution in [-0.4, -0.2) is 25.0 Å². The highest BCUT2D eigenvalue weighted by Crippen LogP contribution is 2.33. The summed E-state index contributed by atoms with van der Waals surface area (Å²) in [5.41, 5.74) is 3.00. The van der Waals surface area contributed by atoms with Crippen molar-refractivity contribution in [2.75, 3.05) is 23.4 Å². The Bertz CT molecular complexity index is 771. The van der Waals surface area contributed by atoms with Crippen molar-refractivity contribution in [1.29, 1.82) is 0 Å². The fourth-order valence-electron chi connectivity index (χ4n) is 2.63. The summed E-state index contributed by atoms with van der Waals surface area (Å²) in [5, 5.41) is 2.70. The first-order chi connectivity index (χ1) is 11.0. The molecule has 0 aromatic heterocycles. The van der Waals surface area contributed by atoms with Crippen LogP contribution in [0.1, 0.15) is 22.8 Å². The third kappa shape index (κ3) is 3.18. The van der Waals surface area contributed by atoms with Gasteiger partial charge < -0.3 is 15.0 Å². The van der Waals surface area contributed by atoms with Crippen molar-refractivity contribution in [3.8, 4) is 5.75 Å². The molecule has 0 spiro atoms. The van der Waals surface area contributed by atoms with Crippen LogP contribution in [0.15, 0.2) is 42.5 Å². The van der Waals surface area contributed by atoms with Crippen LogP contribution < -0.4 is 15.0 Å². The molecule has 118 valence electrons. The highest BCUT2D eigenvalue weighted by Gasteiger charge is 2.24. The molecule has 0 saturated heterocycles. The normalized spacial score (nSPS) is 13.0. The Hall–Kier alpha value is -2.82. The van der Waals surface area contributed by atoms with Crippen LogP contribution in [0.25, 0.3) is 0 Å². The fraction of sp³-hybridized carbons (Fsp3) is 0.222. The van der Waals surface area contributed by atoms with E-state index in [0.29, 0.717) is 30.2 Å². The number of carbonyl (C=O) groups excluding carboxylic acids is 2. The monoisotopic (exact) mass is 310 g/mol. The molecule has 0 saturated carbocycles. The summed E-state index contributed by atoms with van der Waals surface area (Å²) < 4.78 is 5.62. The molecule has 2 amide bonds. The number of hydrogen-bond donors (Lipinski definition) is 1. The van der Waals surface area contributed by atoms with E-state index in [1.165, 1.54) is 6.92 Å². The van der Waals surface area contributed by atoms with Crippen molar-refractivity contribution in [3.05, 3.63) is 53.6 Å². The fourth-order valence-corrected chi connectivity index (χ4v) is 2.63. The number of ether oxygens (including phenoxy) is 1. The Labute approximate surface area is 134 Å². The highest BCUT2D eigenvalue weighted by atomic mass is 16.5. The molecule has 23 heavy (non-hydrogen) atoms. The van der Waals surface area contributed by atoms with E-state index >= 15 is 0 Å². The lowest BCUT2D eigenvalue weighted by Crippen LogP contribution is -2.38. The maximum atomic E-state index is 12.9. The Morgan fingerprint density at radius 2 is 2.00 bits per heavy atom. The van der Waals surface area contributed by atoms with E-state index in [-0.39, 0.29) is 11.8 Å². The van der Waals surface area contributed by atoms with Crippen molar-refractivity contribution in [1.82, 2.24) is 0 Å². The van der Waals surface area contributed by atoms with Gasteiger partial charge in [-0.05, 0) is 42.8 Å². The number of rotatable bonds is 2. The second-order valence-electron chi connectivity index (χ2n) is 5.54. The Balaban J connectivity index is 1.93. The van der Waals surface area contributed by atoms with Crippen molar-refractivity contribution >= 4 is 23.2 Å². The molecule has 1 aliphatic rings. The summed E-state index contributed by atoms with van der Waals surface area (Å²) in [5.74, 6) is 0.447. The topological polar surface area (TPSA) is 58.6 Å². The molecule has 0 radical (unpaired) electrons. The lowest BCUT2D eigenvalue weighted by molar-refractivity contribution is -0.114. The second kappa shape index (κ2) is 6.12. The zero-order valence-electron chi connectivity index (χ0n) is 13.1. The van der Waals surface area contributed by atoms with Crippen LogP contribution in [-0.2, 0) is 4.79 Å². The van der Waals surface area contributed by atoms with E-state index < -0.39 is 0 Å². The number of amides is 2. The van der Waals surface area contributed by atoms with Crippen molar-refractivity contribution < 1.29 is 14.3 Å². The minimum absolute atomic E-state index is 0.104. The first-order valence-electron chi connectivity index (χ1n) is 7.47. The molecule has 5 heteroatoms. The van der Waals surface area contributed by atoms with Crippen LogP contribution in [0.3, 0.4) is 0 Å². The van der Waals surface area contributed by atoms with Gasteiger partial charge in [-0.15, -0.1) is 0 Å². The van der Waals surface area contributed by atoms with Crippen molar-refractivity contribution in [3.63, 3.8) is 0 Å². The van der Waals surface area contributed by atoms with Crippen LogP contribution >= 0.6 is 0 Å². The Kier molecular flexibility index (Phi) is 4.02. The largest absolute Gasteiger partial charge is 0.490 e. The summed E-state index contributed by atoms with van der Waals surface area (Å²) >= 11 is 0. The smallest absolute Gasteiger partial charge is 0.258 e. The molecule has 0 unspecified atom stereocenters. The van der Waals surface area contributed by atoms with Gasteiger partial charge in [0.1, 0.15) is 12.4 Å². The van der Waals surface area contributed by atoms with Gasteiger partial charge in [-0.1, -0.05) is 12.1 Å². The van der Waals surface area contributed by atoms with E-state index in [1.54, 1.807) is 29.2 Å². The first-order valence-corrected chi connectivity index (χ1v) is 7.47. The Morgan fingerprint density at radius 1 is 1.17 bits per heavy atom. The predicted molar refractivity (Wildman–Crippen MR) is 89.1 cm³/mol. The van der Waals surface area contributed by atoms with Gasteiger partial charge >= 0.3 is 0 Å². The summed E-state index contributed by atoms with van der Waals surface area (Å²) in [4.78, 5) is 25.8. The third-order valence-electron chi connectivity index (χ3n) is 3.65. The van der Waals surface area contributed by atoms with E-state index in [2.05, 4.69) is 5.32 Å². The van der Waals surface area contributed by atoms with Gasteiger partial charge in [-0.25, -0.2) is 0 Å². The van der Waals surface area contributed by atoms with Gasteiger partial charge in [0.15, 0.2) is 0 Å². The van der Waals surface area contributed by atoms with Crippen molar-refractivity contribution in [2.24, 2.45) is 0 Å². The standard InChI is InChI=1S/C18H18N2O3/c1-12-6-7-17-16(10-12)20(8-9-23-17)18(22)14-4-3-5-15(11-14)19-13(2)21/h3-7,10-11H,8-9H2,1-2H3,(H,19,21). The lowest BCUT2D eigenvalue weighted by atomic mass is 10.1. The predicted octanol–water partition coefficient (Wildman–Crippen LogP) is 2.99. The number of hydrogen-bond acceptors (Lipinski definition) is 3. The van der Waals surface area contributed by atoms with Gasteiger partial charge in [-0.2, -0.15) is 0 Å². The molecule has 5 nitrogen and oxygen atoms in total. The van der Waals surface area contributed by atoms with Gasteiger partial charge in [-0.3, -0.25) is 9.59 Å². The number of anilines is 2. The SMILES string of the molecule is CC(=O)Nc1cccc(C(=O)N2CCOc3ccc(C)cc32)c1. The van der Waals surface area contributed by atoms with Gasteiger partial charge in [0.25, 0.3) is 5.91 Å². The second-order valence-corrected chi connectivity index (χ2v) is 5.54.